The lowest BCUT2D eigenvalue weighted by Gasteiger charge is -2.26. The Morgan fingerprint density at radius 1 is 1.10 bits per heavy atom. The molecule has 1 aromatic heterocycles. The Hall–Kier alpha value is -2.90. The molecule has 158 valence electrons. The molecule has 0 atom stereocenters. The Labute approximate surface area is 181 Å². The number of thiocarbonyl (C=S) groups is 1. The average Bonchev–Trinajstić information content (AvgIpc) is 2.74. The first-order chi connectivity index (χ1) is 14.5. The molecule has 0 saturated carbocycles. The van der Waals surface area contributed by atoms with E-state index in [0.29, 0.717) is 36.9 Å². The summed E-state index contributed by atoms with van der Waals surface area (Å²) in [5.74, 6) is 0.798. The van der Waals surface area contributed by atoms with Crippen LogP contribution in [0, 0.1) is 6.92 Å². The molecule has 0 fully saturated rings. The molecular formula is C23H27N3O3S. The maximum absolute atomic E-state index is 12.7. The van der Waals surface area contributed by atoms with E-state index in [2.05, 4.69) is 10.3 Å². The first-order valence-electron chi connectivity index (χ1n) is 9.77. The van der Waals surface area contributed by atoms with E-state index in [-0.39, 0.29) is 5.56 Å². The van der Waals surface area contributed by atoms with Crippen LogP contribution in [-0.4, -0.2) is 42.4 Å². The third-order valence-corrected chi connectivity index (χ3v) is 5.24. The van der Waals surface area contributed by atoms with Crippen molar-refractivity contribution in [3.8, 4) is 5.75 Å². The zero-order chi connectivity index (χ0) is 21.5. The summed E-state index contributed by atoms with van der Waals surface area (Å²) in [5.41, 5.74) is 3.57. The Bertz CT molecular complexity index is 1060. The van der Waals surface area contributed by atoms with Crippen molar-refractivity contribution in [3.63, 3.8) is 0 Å². The molecule has 1 heterocycles. The molecule has 0 unspecified atom stereocenters. The molecule has 0 amide bonds. The number of pyridine rings is 1. The summed E-state index contributed by atoms with van der Waals surface area (Å²) in [5, 5.41) is 4.78. The number of methoxy groups -OCH3 is 2. The molecule has 0 radical (unpaired) electrons. The molecule has 3 aromatic rings. The van der Waals surface area contributed by atoms with Crippen molar-refractivity contribution in [2.45, 2.75) is 20.0 Å². The number of aromatic amines is 1. The third kappa shape index (κ3) is 5.58. The van der Waals surface area contributed by atoms with Gasteiger partial charge >= 0.3 is 0 Å². The van der Waals surface area contributed by atoms with Gasteiger partial charge in [-0.15, -0.1) is 0 Å². The first-order valence-corrected chi connectivity index (χ1v) is 10.2. The molecule has 0 saturated heterocycles. The largest absolute Gasteiger partial charge is 0.497 e. The highest BCUT2D eigenvalue weighted by Crippen LogP contribution is 2.17. The molecule has 30 heavy (non-hydrogen) atoms. The van der Waals surface area contributed by atoms with E-state index in [1.165, 1.54) is 0 Å². The fraction of sp³-hybridized carbons (Fsp3) is 0.304. The molecule has 0 bridgehead atoms. The van der Waals surface area contributed by atoms with E-state index in [9.17, 15) is 4.79 Å². The second-order valence-electron chi connectivity index (χ2n) is 7.14. The molecule has 0 spiro atoms. The van der Waals surface area contributed by atoms with Crippen molar-refractivity contribution in [1.82, 2.24) is 15.2 Å². The van der Waals surface area contributed by atoms with Crippen molar-refractivity contribution in [1.29, 1.82) is 0 Å². The van der Waals surface area contributed by atoms with Crippen LogP contribution in [0.15, 0.2) is 53.3 Å². The molecule has 7 heteroatoms. The quantitative estimate of drug-likeness (QED) is 0.426. The molecule has 0 aliphatic rings. The van der Waals surface area contributed by atoms with Gasteiger partial charge in [0.05, 0.1) is 20.3 Å². The van der Waals surface area contributed by atoms with Crippen LogP contribution in [0.25, 0.3) is 10.9 Å². The predicted molar refractivity (Wildman–Crippen MR) is 124 cm³/mol. The van der Waals surface area contributed by atoms with Crippen LogP contribution in [0.5, 0.6) is 5.75 Å². The number of aromatic nitrogens is 1. The molecule has 2 N–H and O–H groups in total. The van der Waals surface area contributed by atoms with E-state index < -0.39 is 0 Å². The summed E-state index contributed by atoms with van der Waals surface area (Å²) in [6.07, 6.45) is 0. The van der Waals surface area contributed by atoms with Gasteiger partial charge < -0.3 is 24.7 Å². The summed E-state index contributed by atoms with van der Waals surface area (Å²) in [7, 11) is 3.29. The van der Waals surface area contributed by atoms with Crippen molar-refractivity contribution in [2.24, 2.45) is 0 Å². The van der Waals surface area contributed by atoms with Gasteiger partial charge in [-0.2, -0.15) is 0 Å². The second-order valence-corrected chi connectivity index (χ2v) is 7.53. The van der Waals surface area contributed by atoms with Crippen LogP contribution in [0.3, 0.4) is 0 Å². The minimum absolute atomic E-state index is 0.104. The lowest BCUT2D eigenvalue weighted by Crippen LogP contribution is -2.41. The number of ether oxygens (including phenoxy) is 2. The van der Waals surface area contributed by atoms with Crippen LogP contribution in [0.2, 0.25) is 0 Å². The van der Waals surface area contributed by atoms with Crippen molar-refractivity contribution >= 4 is 28.2 Å². The fourth-order valence-corrected chi connectivity index (χ4v) is 3.44. The number of nitrogens with one attached hydrogen (secondary N) is 2. The second kappa shape index (κ2) is 10.2. The topological polar surface area (TPSA) is 66.6 Å². The maximum atomic E-state index is 12.7. The lowest BCUT2D eigenvalue weighted by atomic mass is 10.1. The molecular weight excluding hydrogens is 398 g/mol. The van der Waals surface area contributed by atoms with Crippen LogP contribution >= 0.6 is 12.2 Å². The van der Waals surface area contributed by atoms with Gasteiger partial charge in [0, 0.05) is 31.3 Å². The molecule has 2 aromatic carbocycles. The first kappa shape index (κ1) is 21.8. The van der Waals surface area contributed by atoms with E-state index in [1.54, 1.807) is 14.2 Å². The van der Waals surface area contributed by atoms with E-state index in [1.807, 2.05) is 60.4 Å². The Balaban J connectivity index is 1.86. The van der Waals surface area contributed by atoms with Crippen LogP contribution in [0.1, 0.15) is 16.7 Å². The number of hydrogen-bond donors (Lipinski definition) is 2. The number of aryl methyl sites for hydroxylation is 1. The Morgan fingerprint density at radius 2 is 1.87 bits per heavy atom. The standard InChI is InChI=1S/C23H27N3O3S/c1-16-4-7-18-13-19(22(27)25-21(18)12-16)15-26(23(30)24-10-11-28-2)14-17-5-8-20(29-3)9-6-17/h4-9,12-13H,10-11,14-15H2,1-3H3,(H,24,30)(H,25,27). The Morgan fingerprint density at radius 3 is 2.57 bits per heavy atom. The van der Waals surface area contributed by atoms with Crippen molar-refractivity contribution < 1.29 is 9.47 Å². The molecule has 0 aliphatic heterocycles. The molecule has 6 nitrogen and oxygen atoms in total. The summed E-state index contributed by atoms with van der Waals surface area (Å²) in [4.78, 5) is 17.7. The number of benzene rings is 2. The molecule has 0 aliphatic carbocycles. The van der Waals surface area contributed by atoms with Gasteiger partial charge in [0.2, 0.25) is 0 Å². The summed E-state index contributed by atoms with van der Waals surface area (Å²) in [6, 6.07) is 15.8. The van der Waals surface area contributed by atoms with Crippen molar-refractivity contribution in [3.05, 3.63) is 75.6 Å². The average molecular weight is 426 g/mol. The summed E-state index contributed by atoms with van der Waals surface area (Å²) in [6.45, 7) is 4.11. The van der Waals surface area contributed by atoms with E-state index >= 15 is 0 Å². The van der Waals surface area contributed by atoms with Gasteiger partial charge in [0.25, 0.3) is 5.56 Å². The maximum Gasteiger partial charge on any atom is 0.253 e. The molecule has 3 rings (SSSR count). The highest BCUT2D eigenvalue weighted by molar-refractivity contribution is 7.80. The van der Waals surface area contributed by atoms with Gasteiger partial charge in [0.1, 0.15) is 5.75 Å². The van der Waals surface area contributed by atoms with E-state index in [0.717, 1.165) is 27.8 Å². The monoisotopic (exact) mass is 425 g/mol. The minimum atomic E-state index is -0.104. The fourth-order valence-electron chi connectivity index (χ4n) is 3.21. The predicted octanol–water partition coefficient (Wildman–Crippen LogP) is 3.37. The summed E-state index contributed by atoms with van der Waals surface area (Å²) < 4.78 is 10.3. The number of nitrogens with zero attached hydrogens (tertiary/aromatic N) is 1. The van der Waals surface area contributed by atoms with Gasteiger partial charge in [-0.05, 0) is 59.9 Å². The summed E-state index contributed by atoms with van der Waals surface area (Å²) >= 11 is 5.61. The van der Waals surface area contributed by atoms with E-state index in [4.69, 9.17) is 21.7 Å². The minimum Gasteiger partial charge on any atom is -0.497 e. The van der Waals surface area contributed by atoms with Crippen LogP contribution < -0.4 is 15.6 Å². The highest BCUT2D eigenvalue weighted by Gasteiger charge is 2.14. The number of fused-ring (bicyclic) bond motifs is 1. The van der Waals surface area contributed by atoms with Crippen molar-refractivity contribution in [2.75, 3.05) is 27.4 Å². The smallest absolute Gasteiger partial charge is 0.253 e. The Kier molecular flexibility index (Phi) is 7.43. The van der Waals surface area contributed by atoms with Gasteiger partial charge in [-0.25, -0.2) is 0 Å². The van der Waals surface area contributed by atoms with Gasteiger partial charge in [0.15, 0.2) is 5.11 Å². The number of H-pyrrole nitrogens is 1. The SMILES string of the molecule is COCCNC(=S)N(Cc1ccc(OC)cc1)Cc1cc2ccc(C)cc2[nH]c1=O. The van der Waals surface area contributed by atoms with Crippen LogP contribution in [0.4, 0.5) is 0 Å². The highest BCUT2D eigenvalue weighted by atomic mass is 32.1. The van der Waals surface area contributed by atoms with Gasteiger partial charge in [-0.3, -0.25) is 4.79 Å². The normalized spacial score (nSPS) is 10.8. The van der Waals surface area contributed by atoms with Crippen LogP contribution in [-0.2, 0) is 17.8 Å². The van der Waals surface area contributed by atoms with Gasteiger partial charge in [-0.1, -0.05) is 24.3 Å². The third-order valence-electron chi connectivity index (χ3n) is 4.84. The number of hydrogen-bond acceptors (Lipinski definition) is 4. The zero-order valence-corrected chi connectivity index (χ0v) is 18.3. The lowest BCUT2D eigenvalue weighted by molar-refractivity contribution is 0.202. The zero-order valence-electron chi connectivity index (χ0n) is 17.5. The number of rotatable bonds is 8.